The Bertz CT molecular complexity index is 554. The molecule has 0 spiro atoms. The molecule has 2 rings (SSSR count). The minimum absolute atomic E-state index is 1.15. The molecule has 0 nitrogen and oxygen atoms in total. The molecule has 0 atom stereocenters. The zero-order valence-electron chi connectivity index (χ0n) is 11.2. The van der Waals surface area contributed by atoms with Gasteiger partial charge in [0.25, 0.3) is 0 Å². The fourth-order valence-corrected chi connectivity index (χ4v) is 1.64. The summed E-state index contributed by atoms with van der Waals surface area (Å²) in [6, 6.07) is 14.8. The third-order valence-corrected chi connectivity index (χ3v) is 2.71. The van der Waals surface area contributed by atoms with E-state index >= 15 is 0 Å². The first-order chi connectivity index (χ1) is 8.69. The standard InChI is InChI=1S/C11H10.C7H10/c1-9-5-4-7-10-6-2-3-8-11(9)10;1-4-6-7(3)5-2/h2-8H,1H3;4-6H,1-2H2,3H3/b;7-6-. The fourth-order valence-electron chi connectivity index (χ4n) is 1.64. The van der Waals surface area contributed by atoms with E-state index in [1.165, 1.54) is 16.3 Å². The zero-order valence-corrected chi connectivity index (χ0v) is 11.2. The summed E-state index contributed by atoms with van der Waals surface area (Å²) in [7, 11) is 0. The second-order valence-electron chi connectivity index (χ2n) is 4.15. The molecule has 0 aromatic heterocycles. The summed E-state index contributed by atoms with van der Waals surface area (Å²) in [5.74, 6) is 0. The van der Waals surface area contributed by atoms with Gasteiger partial charge in [0.05, 0.1) is 0 Å². The molecular formula is C18H20. The average molecular weight is 236 g/mol. The van der Waals surface area contributed by atoms with Gasteiger partial charge in [0.2, 0.25) is 0 Å². The van der Waals surface area contributed by atoms with E-state index in [1.54, 1.807) is 12.2 Å². The molecule has 0 aliphatic carbocycles. The number of benzene rings is 2. The molecule has 2 aromatic rings. The SMILES string of the molecule is C=C/C=C(/C)C=C.Cc1cccc2ccccc12. The van der Waals surface area contributed by atoms with Crippen molar-refractivity contribution in [1.29, 1.82) is 0 Å². The first kappa shape index (κ1) is 14.0. The average Bonchev–Trinajstić information content (AvgIpc) is 2.40. The Morgan fingerprint density at radius 3 is 2.22 bits per heavy atom. The highest BCUT2D eigenvalue weighted by molar-refractivity contribution is 5.85. The van der Waals surface area contributed by atoms with E-state index in [-0.39, 0.29) is 0 Å². The van der Waals surface area contributed by atoms with Crippen LogP contribution in [0.1, 0.15) is 12.5 Å². The molecule has 0 heteroatoms. The summed E-state index contributed by atoms with van der Waals surface area (Å²) in [6.45, 7) is 11.2. The highest BCUT2D eigenvalue weighted by Gasteiger charge is 1.92. The predicted molar refractivity (Wildman–Crippen MR) is 82.8 cm³/mol. The van der Waals surface area contributed by atoms with Crippen molar-refractivity contribution >= 4 is 10.8 Å². The molecule has 2 aromatic carbocycles. The largest absolute Gasteiger partial charge is 0.0991 e. The molecule has 92 valence electrons. The second kappa shape index (κ2) is 7.29. The summed E-state index contributed by atoms with van der Waals surface area (Å²) >= 11 is 0. The van der Waals surface area contributed by atoms with E-state index in [1.807, 2.05) is 13.0 Å². The molecule has 0 heterocycles. The third kappa shape index (κ3) is 4.06. The van der Waals surface area contributed by atoms with E-state index < -0.39 is 0 Å². The molecule has 0 amide bonds. The highest BCUT2D eigenvalue weighted by Crippen LogP contribution is 2.16. The van der Waals surface area contributed by atoms with Gasteiger partial charge in [-0.25, -0.2) is 0 Å². The molecule has 0 aliphatic heterocycles. The van der Waals surface area contributed by atoms with Gasteiger partial charge in [-0.05, 0) is 30.2 Å². The van der Waals surface area contributed by atoms with Gasteiger partial charge < -0.3 is 0 Å². The topological polar surface area (TPSA) is 0 Å². The van der Waals surface area contributed by atoms with Crippen molar-refractivity contribution < 1.29 is 0 Å². The number of rotatable bonds is 2. The van der Waals surface area contributed by atoms with Crippen molar-refractivity contribution in [2.24, 2.45) is 0 Å². The first-order valence-electron chi connectivity index (χ1n) is 6.05. The van der Waals surface area contributed by atoms with Gasteiger partial charge in [-0.1, -0.05) is 79.4 Å². The van der Waals surface area contributed by atoms with Gasteiger partial charge in [0, 0.05) is 0 Å². The smallest absolute Gasteiger partial charge is 0.0155 e. The van der Waals surface area contributed by atoms with Crippen LogP contribution in [0.25, 0.3) is 10.8 Å². The van der Waals surface area contributed by atoms with Crippen LogP contribution in [0.15, 0.2) is 79.4 Å². The van der Waals surface area contributed by atoms with Crippen LogP contribution in [-0.4, -0.2) is 0 Å². The third-order valence-electron chi connectivity index (χ3n) is 2.71. The molecule has 0 bridgehead atoms. The Hall–Kier alpha value is -2.08. The highest BCUT2D eigenvalue weighted by atomic mass is 14.0. The number of aryl methyl sites for hydroxylation is 1. The first-order valence-corrected chi connectivity index (χ1v) is 6.05. The van der Waals surface area contributed by atoms with E-state index in [0.29, 0.717) is 0 Å². The molecule has 0 unspecified atom stereocenters. The van der Waals surface area contributed by atoms with Crippen molar-refractivity contribution in [1.82, 2.24) is 0 Å². The van der Waals surface area contributed by atoms with Crippen molar-refractivity contribution in [2.45, 2.75) is 13.8 Å². The Labute approximate surface area is 110 Å². The molecule has 0 radical (unpaired) electrons. The van der Waals surface area contributed by atoms with Crippen LogP contribution in [0.5, 0.6) is 0 Å². The maximum atomic E-state index is 3.56. The van der Waals surface area contributed by atoms with Crippen molar-refractivity contribution in [3.05, 3.63) is 85.0 Å². The van der Waals surface area contributed by atoms with Gasteiger partial charge in [0.15, 0.2) is 0 Å². The maximum absolute atomic E-state index is 3.56. The lowest BCUT2D eigenvalue weighted by atomic mass is 10.1. The van der Waals surface area contributed by atoms with Crippen LogP contribution < -0.4 is 0 Å². The molecule has 0 aliphatic rings. The molecule has 0 saturated heterocycles. The van der Waals surface area contributed by atoms with Gasteiger partial charge in [-0.3, -0.25) is 0 Å². The molecule has 0 fully saturated rings. The second-order valence-corrected chi connectivity index (χ2v) is 4.15. The molecular weight excluding hydrogens is 216 g/mol. The Morgan fingerprint density at radius 2 is 1.67 bits per heavy atom. The minimum atomic E-state index is 1.15. The summed E-state index contributed by atoms with van der Waals surface area (Å²) in [6.07, 6.45) is 5.45. The van der Waals surface area contributed by atoms with E-state index in [2.05, 4.69) is 62.5 Å². The van der Waals surface area contributed by atoms with Crippen LogP contribution in [0.4, 0.5) is 0 Å². The van der Waals surface area contributed by atoms with Crippen molar-refractivity contribution in [3.8, 4) is 0 Å². The summed E-state index contributed by atoms with van der Waals surface area (Å²) in [4.78, 5) is 0. The van der Waals surface area contributed by atoms with Gasteiger partial charge in [-0.2, -0.15) is 0 Å². The Balaban J connectivity index is 0.000000203. The van der Waals surface area contributed by atoms with Gasteiger partial charge >= 0.3 is 0 Å². The molecule has 0 N–H and O–H groups in total. The lowest BCUT2D eigenvalue weighted by molar-refractivity contribution is 1.53. The molecule has 18 heavy (non-hydrogen) atoms. The fraction of sp³-hybridized carbons (Fsp3) is 0.111. The van der Waals surface area contributed by atoms with Gasteiger partial charge in [-0.15, -0.1) is 0 Å². The van der Waals surface area contributed by atoms with Crippen molar-refractivity contribution in [3.63, 3.8) is 0 Å². The molecule has 0 saturated carbocycles. The van der Waals surface area contributed by atoms with Crippen LogP contribution >= 0.6 is 0 Å². The Kier molecular flexibility index (Phi) is 5.66. The minimum Gasteiger partial charge on any atom is -0.0991 e. The maximum Gasteiger partial charge on any atom is -0.0155 e. The van der Waals surface area contributed by atoms with E-state index in [0.717, 1.165) is 5.57 Å². The number of allylic oxidation sites excluding steroid dienone is 4. The van der Waals surface area contributed by atoms with E-state index in [4.69, 9.17) is 0 Å². The summed E-state index contributed by atoms with van der Waals surface area (Å²) in [5, 5.41) is 2.68. The predicted octanol–water partition coefficient (Wildman–Crippen LogP) is 5.45. The quantitative estimate of drug-likeness (QED) is 0.608. The van der Waals surface area contributed by atoms with Crippen LogP contribution in [0.3, 0.4) is 0 Å². The Morgan fingerprint density at radius 1 is 1.00 bits per heavy atom. The van der Waals surface area contributed by atoms with E-state index in [9.17, 15) is 0 Å². The number of hydrogen-bond donors (Lipinski definition) is 0. The summed E-state index contributed by atoms with van der Waals surface area (Å²) in [5.41, 5.74) is 2.50. The monoisotopic (exact) mass is 236 g/mol. The van der Waals surface area contributed by atoms with Crippen LogP contribution in [0, 0.1) is 6.92 Å². The zero-order chi connectivity index (χ0) is 13.4. The number of hydrogen-bond acceptors (Lipinski definition) is 0. The van der Waals surface area contributed by atoms with Crippen molar-refractivity contribution in [2.75, 3.05) is 0 Å². The normalized spacial score (nSPS) is 10.4. The lowest BCUT2D eigenvalue weighted by Gasteiger charge is -1.98. The van der Waals surface area contributed by atoms with Crippen LogP contribution in [0.2, 0.25) is 0 Å². The summed E-state index contributed by atoms with van der Waals surface area (Å²) < 4.78 is 0. The number of fused-ring (bicyclic) bond motifs is 1. The lowest BCUT2D eigenvalue weighted by Crippen LogP contribution is -1.75. The van der Waals surface area contributed by atoms with Gasteiger partial charge in [0.1, 0.15) is 0 Å². The van der Waals surface area contributed by atoms with Crippen LogP contribution in [-0.2, 0) is 0 Å².